The minimum atomic E-state index is 0.0552. The first kappa shape index (κ1) is 18.4. The number of anilines is 1. The van der Waals surface area contributed by atoms with Gasteiger partial charge in [0.15, 0.2) is 0 Å². The molecule has 7 heteroatoms. The lowest BCUT2D eigenvalue weighted by Crippen LogP contribution is -2.48. The molecule has 0 unspecified atom stereocenters. The fourth-order valence-corrected chi connectivity index (χ4v) is 3.64. The summed E-state index contributed by atoms with van der Waals surface area (Å²) in [5.74, 6) is 2.62. The van der Waals surface area contributed by atoms with Crippen molar-refractivity contribution in [1.29, 1.82) is 0 Å². The molecule has 0 bridgehead atoms. The number of H-pyrrole nitrogens is 1. The fraction of sp³-hybridized carbons (Fsp3) is 0.579. The van der Waals surface area contributed by atoms with E-state index in [0.29, 0.717) is 5.69 Å². The number of nitrogens with one attached hydrogen (secondary N) is 1. The van der Waals surface area contributed by atoms with E-state index in [0.717, 1.165) is 62.1 Å². The smallest absolute Gasteiger partial charge is 0.272 e. The van der Waals surface area contributed by atoms with Gasteiger partial charge in [0.25, 0.3) is 5.91 Å². The van der Waals surface area contributed by atoms with Gasteiger partial charge >= 0.3 is 0 Å². The van der Waals surface area contributed by atoms with Gasteiger partial charge in [0, 0.05) is 37.4 Å². The molecule has 0 atom stereocenters. The van der Waals surface area contributed by atoms with Crippen LogP contribution in [0.25, 0.3) is 0 Å². The molecule has 0 aliphatic carbocycles. The van der Waals surface area contributed by atoms with E-state index in [1.807, 2.05) is 31.7 Å². The Morgan fingerprint density at radius 3 is 2.58 bits per heavy atom. The largest absolute Gasteiger partial charge is 0.356 e. The first-order valence-corrected chi connectivity index (χ1v) is 9.37. The second-order valence-electron chi connectivity index (χ2n) is 7.01. The number of imidazole rings is 1. The summed E-state index contributed by atoms with van der Waals surface area (Å²) in [5, 5.41) is 0. The van der Waals surface area contributed by atoms with Crippen LogP contribution in [0.4, 0.5) is 5.82 Å². The maximum Gasteiger partial charge on any atom is 0.272 e. The predicted molar refractivity (Wildman–Crippen MR) is 101 cm³/mol. The Labute approximate surface area is 154 Å². The van der Waals surface area contributed by atoms with E-state index >= 15 is 0 Å². The lowest BCUT2D eigenvalue weighted by molar-refractivity contribution is 0.0644. The molecule has 1 aliphatic heterocycles. The lowest BCUT2D eigenvalue weighted by Gasteiger charge is -2.39. The van der Waals surface area contributed by atoms with E-state index in [1.165, 1.54) is 0 Å². The third-order valence-electron chi connectivity index (χ3n) is 4.84. The normalized spacial score (nSPS) is 15.3. The summed E-state index contributed by atoms with van der Waals surface area (Å²) >= 11 is 0. The van der Waals surface area contributed by atoms with E-state index in [1.54, 1.807) is 6.20 Å². The molecular weight excluding hydrogens is 328 g/mol. The summed E-state index contributed by atoms with van der Waals surface area (Å²) in [4.78, 5) is 33.4. The van der Waals surface area contributed by atoms with Crippen LogP contribution < -0.4 is 4.90 Å². The zero-order valence-corrected chi connectivity index (χ0v) is 16.1. The highest BCUT2D eigenvalue weighted by Gasteiger charge is 2.29. The summed E-state index contributed by atoms with van der Waals surface area (Å²) < 4.78 is 0. The summed E-state index contributed by atoms with van der Waals surface area (Å²) in [6.07, 6.45) is 4.48. The highest BCUT2D eigenvalue weighted by molar-refractivity contribution is 5.92. The van der Waals surface area contributed by atoms with Gasteiger partial charge in [0.2, 0.25) is 0 Å². The summed E-state index contributed by atoms with van der Waals surface area (Å²) in [6.45, 7) is 10.5. The molecule has 3 rings (SSSR count). The quantitative estimate of drug-likeness (QED) is 0.891. The third kappa shape index (κ3) is 4.03. The topological polar surface area (TPSA) is 78.0 Å². The van der Waals surface area contributed by atoms with Gasteiger partial charge in [-0.15, -0.1) is 0 Å². The number of aromatic amines is 1. The molecule has 140 valence electrons. The van der Waals surface area contributed by atoms with Crippen LogP contribution in [0.5, 0.6) is 0 Å². The molecule has 0 spiro atoms. The molecule has 2 aromatic rings. The van der Waals surface area contributed by atoms with Crippen molar-refractivity contribution in [2.24, 2.45) is 0 Å². The van der Waals surface area contributed by atoms with Crippen molar-refractivity contribution in [3.05, 3.63) is 35.3 Å². The van der Waals surface area contributed by atoms with Crippen LogP contribution in [0.2, 0.25) is 0 Å². The molecule has 0 radical (unpaired) electrons. The van der Waals surface area contributed by atoms with E-state index in [4.69, 9.17) is 0 Å². The maximum absolute atomic E-state index is 12.9. The van der Waals surface area contributed by atoms with Crippen LogP contribution in [0.15, 0.2) is 12.3 Å². The number of piperidine rings is 1. The molecule has 26 heavy (non-hydrogen) atoms. The zero-order chi connectivity index (χ0) is 18.7. The van der Waals surface area contributed by atoms with Crippen molar-refractivity contribution >= 4 is 11.7 Å². The fourth-order valence-electron chi connectivity index (χ4n) is 3.64. The number of carbonyl (C=O) groups excluding carboxylic acids is 1. The molecule has 1 amide bonds. The zero-order valence-electron chi connectivity index (χ0n) is 16.1. The number of rotatable bonds is 5. The van der Waals surface area contributed by atoms with Crippen LogP contribution in [-0.4, -0.2) is 56.4 Å². The lowest BCUT2D eigenvalue weighted by atomic mass is 10.0. The number of aryl methyl sites for hydroxylation is 3. The van der Waals surface area contributed by atoms with E-state index in [-0.39, 0.29) is 11.9 Å². The first-order valence-electron chi connectivity index (χ1n) is 9.37. The van der Waals surface area contributed by atoms with Gasteiger partial charge < -0.3 is 14.8 Å². The minimum absolute atomic E-state index is 0.0552. The maximum atomic E-state index is 12.9. The SMILES string of the molecule is CCCN(C(=O)c1cnc(C)[nH]1)C1CCN(c2cc(C)nc(C)n2)CC1. The van der Waals surface area contributed by atoms with Gasteiger partial charge in [-0.05, 0) is 40.0 Å². The summed E-state index contributed by atoms with van der Waals surface area (Å²) in [7, 11) is 0. The van der Waals surface area contributed by atoms with Gasteiger partial charge in [0.05, 0.1) is 6.20 Å². The Bertz CT molecular complexity index is 743. The van der Waals surface area contributed by atoms with E-state index in [2.05, 4.69) is 31.8 Å². The van der Waals surface area contributed by atoms with Crippen molar-refractivity contribution in [2.45, 2.75) is 53.0 Å². The highest BCUT2D eigenvalue weighted by Crippen LogP contribution is 2.23. The second kappa shape index (κ2) is 7.85. The number of amides is 1. The molecule has 7 nitrogen and oxygen atoms in total. The number of hydrogen-bond acceptors (Lipinski definition) is 5. The summed E-state index contributed by atoms with van der Waals surface area (Å²) in [5.41, 5.74) is 1.58. The molecular formula is C19H28N6O. The number of aromatic nitrogens is 4. The molecule has 3 heterocycles. The van der Waals surface area contributed by atoms with Crippen molar-refractivity contribution in [2.75, 3.05) is 24.5 Å². The van der Waals surface area contributed by atoms with Crippen LogP contribution in [0, 0.1) is 20.8 Å². The van der Waals surface area contributed by atoms with Crippen LogP contribution in [-0.2, 0) is 0 Å². The molecule has 1 fully saturated rings. The number of hydrogen-bond donors (Lipinski definition) is 1. The second-order valence-corrected chi connectivity index (χ2v) is 7.01. The highest BCUT2D eigenvalue weighted by atomic mass is 16.2. The number of carbonyl (C=O) groups is 1. The van der Waals surface area contributed by atoms with Crippen molar-refractivity contribution in [3.63, 3.8) is 0 Å². The molecule has 0 aromatic carbocycles. The van der Waals surface area contributed by atoms with Gasteiger partial charge in [-0.3, -0.25) is 4.79 Å². The van der Waals surface area contributed by atoms with Crippen LogP contribution >= 0.6 is 0 Å². The Morgan fingerprint density at radius 2 is 2.00 bits per heavy atom. The molecule has 1 N–H and O–H groups in total. The predicted octanol–water partition coefficient (Wildman–Crippen LogP) is 2.65. The van der Waals surface area contributed by atoms with Crippen LogP contribution in [0.3, 0.4) is 0 Å². The Hall–Kier alpha value is -2.44. The van der Waals surface area contributed by atoms with Gasteiger partial charge in [-0.1, -0.05) is 6.92 Å². The minimum Gasteiger partial charge on any atom is -0.356 e. The molecule has 1 saturated heterocycles. The Morgan fingerprint density at radius 1 is 1.27 bits per heavy atom. The number of nitrogens with zero attached hydrogens (tertiary/aromatic N) is 5. The molecule has 1 aliphatic rings. The van der Waals surface area contributed by atoms with E-state index < -0.39 is 0 Å². The van der Waals surface area contributed by atoms with Crippen molar-refractivity contribution < 1.29 is 4.79 Å². The standard InChI is InChI=1S/C19H28N6O/c1-5-8-25(19(26)17-12-20-14(3)22-17)16-6-9-24(10-7-16)18-11-13(2)21-15(4)23-18/h11-12,16H,5-10H2,1-4H3,(H,20,22). The van der Waals surface area contributed by atoms with Crippen molar-refractivity contribution in [1.82, 2.24) is 24.8 Å². The van der Waals surface area contributed by atoms with Crippen LogP contribution in [0.1, 0.15) is 54.0 Å². The van der Waals surface area contributed by atoms with Gasteiger partial charge in [-0.25, -0.2) is 15.0 Å². The van der Waals surface area contributed by atoms with Gasteiger partial charge in [-0.2, -0.15) is 0 Å². The average molecular weight is 356 g/mol. The molecule has 2 aromatic heterocycles. The third-order valence-corrected chi connectivity index (χ3v) is 4.84. The Balaban J connectivity index is 1.68. The first-order chi connectivity index (χ1) is 12.5. The van der Waals surface area contributed by atoms with Gasteiger partial charge in [0.1, 0.15) is 23.2 Å². The molecule has 0 saturated carbocycles. The Kier molecular flexibility index (Phi) is 5.54. The average Bonchev–Trinajstić information content (AvgIpc) is 3.05. The van der Waals surface area contributed by atoms with Crippen molar-refractivity contribution in [3.8, 4) is 0 Å². The monoisotopic (exact) mass is 356 g/mol. The summed E-state index contributed by atoms with van der Waals surface area (Å²) in [6, 6.07) is 2.29. The van der Waals surface area contributed by atoms with E-state index in [9.17, 15) is 4.79 Å².